The predicted octanol–water partition coefficient (Wildman–Crippen LogP) is 2.84. The number of nitrogens with zero attached hydrogens (tertiary/aromatic N) is 3. The maximum atomic E-state index is 6.05. The Hall–Kier alpha value is -1.61. The average molecular weight is 218 g/mol. The van der Waals surface area contributed by atoms with Crippen molar-refractivity contribution in [2.75, 3.05) is 0 Å². The molecule has 0 aliphatic heterocycles. The highest BCUT2D eigenvalue weighted by Crippen LogP contribution is 2.21. The summed E-state index contributed by atoms with van der Waals surface area (Å²) in [6.07, 6.45) is 1.80. The summed E-state index contributed by atoms with van der Waals surface area (Å²) < 4.78 is 2.02. The molecule has 0 saturated heterocycles. The van der Waals surface area contributed by atoms with Crippen LogP contribution in [0.1, 0.15) is 5.69 Å². The highest BCUT2D eigenvalue weighted by molar-refractivity contribution is 6.32. The fourth-order valence-electron chi connectivity index (χ4n) is 1.79. The van der Waals surface area contributed by atoms with Crippen LogP contribution < -0.4 is 0 Å². The zero-order chi connectivity index (χ0) is 10.4. The third-order valence-electron chi connectivity index (χ3n) is 2.46. The molecule has 74 valence electrons. The molecule has 0 unspecified atom stereocenters. The first-order chi connectivity index (χ1) is 7.27. The van der Waals surface area contributed by atoms with E-state index in [0.717, 1.165) is 16.7 Å². The van der Waals surface area contributed by atoms with Crippen LogP contribution in [-0.4, -0.2) is 14.4 Å². The standard InChI is InChI=1S/C11H8ClN3/c1-7-6-13-11-10(12)14-8-4-2-3-5-9(8)15(7)11/h2-6H,1H3. The Bertz CT molecular complexity index is 657. The molecule has 4 heteroatoms. The minimum Gasteiger partial charge on any atom is -0.293 e. The fraction of sp³-hybridized carbons (Fsp3) is 0.0909. The first kappa shape index (κ1) is 8.68. The van der Waals surface area contributed by atoms with Crippen molar-refractivity contribution in [2.24, 2.45) is 0 Å². The minimum absolute atomic E-state index is 0.446. The van der Waals surface area contributed by atoms with Gasteiger partial charge >= 0.3 is 0 Å². The Morgan fingerprint density at radius 3 is 2.93 bits per heavy atom. The lowest BCUT2D eigenvalue weighted by Gasteiger charge is -2.03. The minimum atomic E-state index is 0.446. The molecule has 3 rings (SSSR count). The summed E-state index contributed by atoms with van der Waals surface area (Å²) in [5, 5.41) is 0.446. The lowest BCUT2D eigenvalue weighted by Crippen LogP contribution is -1.94. The summed E-state index contributed by atoms with van der Waals surface area (Å²) in [4.78, 5) is 8.54. The molecule has 0 amide bonds. The molecule has 0 aliphatic carbocycles. The SMILES string of the molecule is Cc1cnc2c(Cl)nc3ccccc3n12. The van der Waals surface area contributed by atoms with E-state index in [1.807, 2.05) is 35.6 Å². The van der Waals surface area contributed by atoms with E-state index >= 15 is 0 Å². The van der Waals surface area contributed by atoms with Crippen molar-refractivity contribution < 1.29 is 0 Å². The molecule has 0 spiro atoms. The number of hydrogen-bond acceptors (Lipinski definition) is 2. The van der Waals surface area contributed by atoms with E-state index in [-0.39, 0.29) is 0 Å². The van der Waals surface area contributed by atoms with E-state index in [9.17, 15) is 0 Å². The predicted molar refractivity (Wildman–Crippen MR) is 60.2 cm³/mol. The van der Waals surface area contributed by atoms with Gasteiger partial charge in [0.25, 0.3) is 0 Å². The molecule has 0 aliphatic rings. The van der Waals surface area contributed by atoms with Gasteiger partial charge in [0.2, 0.25) is 0 Å². The Labute approximate surface area is 91.3 Å². The van der Waals surface area contributed by atoms with E-state index in [2.05, 4.69) is 9.97 Å². The first-order valence-corrected chi connectivity index (χ1v) is 5.03. The van der Waals surface area contributed by atoms with E-state index in [1.54, 1.807) is 6.20 Å². The van der Waals surface area contributed by atoms with Gasteiger partial charge in [0.15, 0.2) is 10.8 Å². The number of benzene rings is 1. The molecule has 1 aromatic carbocycles. The molecule has 0 saturated carbocycles. The van der Waals surface area contributed by atoms with Gasteiger partial charge in [-0.2, -0.15) is 0 Å². The van der Waals surface area contributed by atoms with Crippen molar-refractivity contribution in [3.05, 3.63) is 41.3 Å². The van der Waals surface area contributed by atoms with Gasteiger partial charge in [0, 0.05) is 11.9 Å². The number of hydrogen-bond donors (Lipinski definition) is 0. The zero-order valence-corrected chi connectivity index (χ0v) is 8.86. The summed E-state index contributed by atoms with van der Waals surface area (Å²) in [6.45, 7) is 2.00. The second-order valence-electron chi connectivity index (χ2n) is 3.45. The maximum Gasteiger partial charge on any atom is 0.175 e. The molecule has 3 aromatic rings. The molecule has 0 radical (unpaired) electrons. The van der Waals surface area contributed by atoms with Crippen molar-refractivity contribution in [1.82, 2.24) is 14.4 Å². The van der Waals surface area contributed by atoms with Crippen LogP contribution in [0.15, 0.2) is 30.5 Å². The lowest BCUT2D eigenvalue weighted by molar-refractivity contribution is 1.14. The quantitative estimate of drug-likeness (QED) is 0.580. The average Bonchev–Trinajstić information content (AvgIpc) is 2.62. The fourth-order valence-corrected chi connectivity index (χ4v) is 2.01. The molecule has 15 heavy (non-hydrogen) atoms. The van der Waals surface area contributed by atoms with E-state index in [1.165, 1.54) is 0 Å². The lowest BCUT2D eigenvalue weighted by atomic mass is 10.3. The number of aromatic nitrogens is 3. The van der Waals surface area contributed by atoms with E-state index in [0.29, 0.717) is 10.8 Å². The zero-order valence-electron chi connectivity index (χ0n) is 8.11. The van der Waals surface area contributed by atoms with Crippen LogP contribution in [0.3, 0.4) is 0 Å². The van der Waals surface area contributed by atoms with Gasteiger partial charge < -0.3 is 0 Å². The number of imidazole rings is 1. The summed E-state index contributed by atoms with van der Waals surface area (Å²) in [5.41, 5.74) is 3.70. The Kier molecular flexibility index (Phi) is 1.70. The normalized spacial score (nSPS) is 11.3. The van der Waals surface area contributed by atoms with Crippen LogP contribution in [-0.2, 0) is 0 Å². The molecular formula is C11H8ClN3. The highest BCUT2D eigenvalue weighted by atomic mass is 35.5. The molecular weight excluding hydrogens is 210 g/mol. The monoisotopic (exact) mass is 217 g/mol. The number of aryl methyl sites for hydroxylation is 1. The van der Waals surface area contributed by atoms with Crippen LogP contribution in [0.5, 0.6) is 0 Å². The topological polar surface area (TPSA) is 30.2 Å². The molecule has 2 heterocycles. The van der Waals surface area contributed by atoms with Crippen molar-refractivity contribution in [3.63, 3.8) is 0 Å². The largest absolute Gasteiger partial charge is 0.293 e. The molecule has 0 bridgehead atoms. The maximum absolute atomic E-state index is 6.05. The van der Waals surface area contributed by atoms with Gasteiger partial charge in [-0.25, -0.2) is 9.97 Å². The van der Waals surface area contributed by atoms with Crippen LogP contribution in [0, 0.1) is 6.92 Å². The third kappa shape index (κ3) is 1.13. The van der Waals surface area contributed by atoms with Crippen LogP contribution in [0.4, 0.5) is 0 Å². The smallest absolute Gasteiger partial charge is 0.175 e. The number of halogens is 1. The first-order valence-electron chi connectivity index (χ1n) is 4.65. The second kappa shape index (κ2) is 2.94. The van der Waals surface area contributed by atoms with Crippen LogP contribution in [0.25, 0.3) is 16.7 Å². The van der Waals surface area contributed by atoms with Gasteiger partial charge in [0.05, 0.1) is 11.0 Å². The Balaban J connectivity index is 2.67. The molecule has 2 aromatic heterocycles. The molecule has 0 atom stereocenters. The van der Waals surface area contributed by atoms with E-state index in [4.69, 9.17) is 11.6 Å². The number of rotatable bonds is 0. The van der Waals surface area contributed by atoms with Gasteiger partial charge in [-0.05, 0) is 19.1 Å². The van der Waals surface area contributed by atoms with Crippen LogP contribution >= 0.6 is 11.6 Å². The second-order valence-corrected chi connectivity index (χ2v) is 3.81. The third-order valence-corrected chi connectivity index (χ3v) is 2.72. The van der Waals surface area contributed by atoms with Gasteiger partial charge in [-0.1, -0.05) is 23.7 Å². The van der Waals surface area contributed by atoms with Gasteiger partial charge in [0.1, 0.15) is 0 Å². The van der Waals surface area contributed by atoms with Crippen molar-refractivity contribution in [3.8, 4) is 0 Å². The summed E-state index contributed by atoms with van der Waals surface area (Å²) >= 11 is 6.05. The summed E-state index contributed by atoms with van der Waals surface area (Å²) in [6, 6.07) is 7.89. The van der Waals surface area contributed by atoms with Gasteiger partial charge in [-0.15, -0.1) is 0 Å². The summed E-state index contributed by atoms with van der Waals surface area (Å²) in [5.74, 6) is 0. The van der Waals surface area contributed by atoms with Crippen LogP contribution in [0.2, 0.25) is 5.15 Å². The molecule has 0 N–H and O–H groups in total. The molecule has 0 fully saturated rings. The summed E-state index contributed by atoms with van der Waals surface area (Å²) in [7, 11) is 0. The highest BCUT2D eigenvalue weighted by Gasteiger charge is 2.08. The molecule has 3 nitrogen and oxygen atoms in total. The Morgan fingerprint density at radius 2 is 2.07 bits per heavy atom. The van der Waals surface area contributed by atoms with Crippen molar-refractivity contribution >= 4 is 28.3 Å². The number of fused-ring (bicyclic) bond motifs is 3. The van der Waals surface area contributed by atoms with Gasteiger partial charge in [-0.3, -0.25) is 4.40 Å². The van der Waals surface area contributed by atoms with Crippen molar-refractivity contribution in [1.29, 1.82) is 0 Å². The number of para-hydroxylation sites is 2. The van der Waals surface area contributed by atoms with Crippen molar-refractivity contribution in [2.45, 2.75) is 6.92 Å². The van der Waals surface area contributed by atoms with E-state index < -0.39 is 0 Å². The Morgan fingerprint density at radius 1 is 1.27 bits per heavy atom.